The lowest BCUT2D eigenvalue weighted by atomic mass is 10.1. The minimum absolute atomic E-state index is 0.326. The van der Waals surface area contributed by atoms with Crippen molar-refractivity contribution in [1.82, 2.24) is 5.43 Å². The first-order chi connectivity index (χ1) is 13.1. The molecule has 0 radical (unpaired) electrons. The van der Waals surface area contributed by atoms with Crippen molar-refractivity contribution in [1.29, 1.82) is 0 Å². The van der Waals surface area contributed by atoms with Crippen molar-refractivity contribution in [3.63, 3.8) is 0 Å². The van der Waals surface area contributed by atoms with Crippen LogP contribution in [-0.4, -0.2) is 45.5 Å². The summed E-state index contributed by atoms with van der Waals surface area (Å²) in [5, 5.41) is 3.92. The van der Waals surface area contributed by atoms with Gasteiger partial charge in [0.25, 0.3) is 5.91 Å². The van der Waals surface area contributed by atoms with Gasteiger partial charge >= 0.3 is 0 Å². The normalized spacial score (nSPS) is 14.4. The quantitative estimate of drug-likeness (QED) is 0.648. The largest absolute Gasteiger partial charge is 0.496 e. The molecule has 0 aliphatic carbocycles. The Morgan fingerprint density at radius 3 is 2.74 bits per heavy atom. The van der Waals surface area contributed by atoms with Gasteiger partial charge in [-0.2, -0.15) is 5.10 Å². The number of anilines is 1. The number of hydrogen-bond acceptors (Lipinski definition) is 5. The summed E-state index contributed by atoms with van der Waals surface area (Å²) < 4.78 is 24.9. The van der Waals surface area contributed by atoms with Crippen molar-refractivity contribution in [2.24, 2.45) is 5.10 Å². The molecule has 1 aliphatic rings. The van der Waals surface area contributed by atoms with Crippen molar-refractivity contribution < 1.29 is 18.7 Å². The molecule has 0 saturated carbocycles. The van der Waals surface area contributed by atoms with Crippen LogP contribution < -0.4 is 15.1 Å². The first kappa shape index (κ1) is 18.8. The van der Waals surface area contributed by atoms with E-state index in [-0.39, 0.29) is 5.82 Å². The highest BCUT2D eigenvalue weighted by Crippen LogP contribution is 2.21. The number of halogens is 1. The highest BCUT2D eigenvalue weighted by atomic mass is 19.1. The fourth-order valence-electron chi connectivity index (χ4n) is 2.88. The maximum absolute atomic E-state index is 14.4. The molecule has 1 amide bonds. The minimum Gasteiger partial charge on any atom is -0.496 e. The van der Waals surface area contributed by atoms with Crippen LogP contribution in [0.3, 0.4) is 0 Å². The van der Waals surface area contributed by atoms with Crippen LogP contribution in [0.5, 0.6) is 5.75 Å². The molecule has 1 heterocycles. The van der Waals surface area contributed by atoms with E-state index >= 15 is 0 Å². The third kappa shape index (κ3) is 4.62. The zero-order valence-corrected chi connectivity index (χ0v) is 15.4. The number of rotatable bonds is 5. The number of aryl methyl sites for hydroxylation is 1. The van der Waals surface area contributed by atoms with Gasteiger partial charge in [0.1, 0.15) is 11.6 Å². The Kier molecular flexibility index (Phi) is 6.03. The molecule has 1 saturated heterocycles. The van der Waals surface area contributed by atoms with Crippen molar-refractivity contribution in [3.05, 3.63) is 58.9 Å². The van der Waals surface area contributed by atoms with Gasteiger partial charge in [-0.15, -0.1) is 0 Å². The summed E-state index contributed by atoms with van der Waals surface area (Å²) in [4.78, 5) is 14.2. The lowest BCUT2D eigenvalue weighted by Gasteiger charge is -2.29. The number of nitrogens with one attached hydrogen (secondary N) is 1. The van der Waals surface area contributed by atoms with Crippen molar-refractivity contribution in [3.8, 4) is 5.75 Å². The molecule has 0 atom stereocenters. The molecular weight excluding hydrogens is 349 g/mol. The summed E-state index contributed by atoms with van der Waals surface area (Å²) in [7, 11) is 1.51. The second-order valence-electron chi connectivity index (χ2n) is 6.21. The zero-order chi connectivity index (χ0) is 19.2. The third-order valence-electron chi connectivity index (χ3n) is 4.30. The van der Waals surface area contributed by atoms with Gasteiger partial charge in [0.15, 0.2) is 0 Å². The van der Waals surface area contributed by atoms with Crippen LogP contribution in [0, 0.1) is 12.7 Å². The molecule has 2 aromatic carbocycles. The molecule has 142 valence electrons. The maximum atomic E-state index is 14.4. The number of carbonyl (C=O) groups is 1. The summed E-state index contributed by atoms with van der Waals surface area (Å²) in [6.07, 6.45) is 1.41. The summed E-state index contributed by atoms with van der Waals surface area (Å²) in [5.74, 6) is -0.246. The molecule has 0 bridgehead atoms. The van der Waals surface area contributed by atoms with Crippen LogP contribution in [0.25, 0.3) is 0 Å². The van der Waals surface area contributed by atoms with E-state index in [1.165, 1.54) is 19.4 Å². The zero-order valence-electron chi connectivity index (χ0n) is 15.4. The second kappa shape index (κ2) is 8.64. The van der Waals surface area contributed by atoms with Crippen molar-refractivity contribution in [2.75, 3.05) is 38.3 Å². The third-order valence-corrected chi connectivity index (χ3v) is 4.30. The average Bonchev–Trinajstić information content (AvgIpc) is 2.68. The second-order valence-corrected chi connectivity index (χ2v) is 6.21. The average molecular weight is 371 g/mol. The monoisotopic (exact) mass is 371 g/mol. The maximum Gasteiger partial charge on any atom is 0.275 e. The van der Waals surface area contributed by atoms with E-state index in [4.69, 9.17) is 9.47 Å². The number of nitrogens with zero attached hydrogens (tertiary/aromatic N) is 2. The fraction of sp³-hybridized carbons (Fsp3) is 0.300. The number of carbonyl (C=O) groups excluding carboxylic acids is 1. The van der Waals surface area contributed by atoms with E-state index in [2.05, 4.69) is 10.5 Å². The van der Waals surface area contributed by atoms with Gasteiger partial charge in [0.05, 0.1) is 37.8 Å². The molecule has 3 rings (SSSR count). The molecule has 0 unspecified atom stereocenters. The minimum atomic E-state index is -0.395. The van der Waals surface area contributed by atoms with E-state index in [1.807, 2.05) is 17.9 Å². The Morgan fingerprint density at radius 1 is 1.26 bits per heavy atom. The number of morpholine rings is 1. The molecule has 27 heavy (non-hydrogen) atoms. The Morgan fingerprint density at radius 2 is 2.04 bits per heavy atom. The van der Waals surface area contributed by atoms with Crippen LogP contribution in [0.15, 0.2) is 41.5 Å². The van der Waals surface area contributed by atoms with Gasteiger partial charge in [0.2, 0.25) is 0 Å². The summed E-state index contributed by atoms with van der Waals surface area (Å²) >= 11 is 0. The lowest BCUT2D eigenvalue weighted by molar-refractivity contribution is 0.0952. The van der Waals surface area contributed by atoms with E-state index in [0.29, 0.717) is 48.9 Å². The smallest absolute Gasteiger partial charge is 0.275 e. The lowest BCUT2D eigenvalue weighted by Crippen LogP contribution is -2.36. The topological polar surface area (TPSA) is 63.2 Å². The molecule has 7 heteroatoms. The fourth-order valence-corrected chi connectivity index (χ4v) is 2.88. The van der Waals surface area contributed by atoms with Gasteiger partial charge in [0, 0.05) is 13.1 Å². The predicted octanol–water partition coefficient (Wildman–Crippen LogP) is 2.74. The number of amides is 1. The summed E-state index contributed by atoms with van der Waals surface area (Å²) in [6.45, 7) is 4.43. The van der Waals surface area contributed by atoms with Crippen molar-refractivity contribution >= 4 is 17.8 Å². The van der Waals surface area contributed by atoms with E-state index in [1.54, 1.807) is 24.3 Å². The van der Waals surface area contributed by atoms with E-state index in [0.717, 1.165) is 5.56 Å². The number of methoxy groups -OCH3 is 1. The predicted molar refractivity (Wildman–Crippen MR) is 102 cm³/mol. The summed E-state index contributed by atoms with van der Waals surface area (Å²) in [5.41, 5.74) is 4.91. The van der Waals surface area contributed by atoms with Gasteiger partial charge in [-0.3, -0.25) is 4.79 Å². The Labute approximate surface area is 157 Å². The van der Waals surface area contributed by atoms with Gasteiger partial charge in [-0.1, -0.05) is 12.1 Å². The number of ether oxygens (including phenoxy) is 2. The molecular formula is C20H22FN3O3. The van der Waals surface area contributed by atoms with E-state index < -0.39 is 5.91 Å². The number of hydrazone groups is 1. The molecule has 1 aliphatic heterocycles. The Hall–Kier alpha value is -2.93. The van der Waals surface area contributed by atoms with Gasteiger partial charge < -0.3 is 14.4 Å². The standard InChI is InChI=1S/C20H22FN3O3/c1-14-3-5-16(19(11-14)26-2)20(25)23-22-13-15-4-6-18(17(21)12-15)24-7-9-27-10-8-24/h3-6,11-13H,7-10H2,1-2H3,(H,23,25)/b22-13-. The number of hydrogen-bond donors (Lipinski definition) is 1. The molecule has 1 fully saturated rings. The van der Waals surface area contributed by atoms with Gasteiger partial charge in [-0.05, 0) is 42.3 Å². The highest BCUT2D eigenvalue weighted by molar-refractivity contribution is 5.97. The SMILES string of the molecule is COc1cc(C)ccc1C(=O)N/N=C\c1ccc(N2CCOCC2)c(F)c1. The van der Waals surface area contributed by atoms with Crippen LogP contribution in [0.2, 0.25) is 0 Å². The van der Waals surface area contributed by atoms with Crippen molar-refractivity contribution in [2.45, 2.75) is 6.92 Å². The molecule has 0 spiro atoms. The van der Waals surface area contributed by atoms with Crippen LogP contribution in [0.4, 0.5) is 10.1 Å². The Bertz CT molecular complexity index is 848. The molecule has 1 N–H and O–H groups in total. The molecule has 6 nitrogen and oxygen atoms in total. The van der Waals surface area contributed by atoms with Gasteiger partial charge in [-0.25, -0.2) is 9.82 Å². The molecule has 0 aromatic heterocycles. The first-order valence-corrected chi connectivity index (χ1v) is 8.69. The Balaban J connectivity index is 1.66. The van der Waals surface area contributed by atoms with Crippen LogP contribution in [0.1, 0.15) is 21.5 Å². The summed E-state index contributed by atoms with van der Waals surface area (Å²) in [6, 6.07) is 10.1. The first-order valence-electron chi connectivity index (χ1n) is 8.69. The molecule has 2 aromatic rings. The van der Waals surface area contributed by atoms with Crippen LogP contribution in [-0.2, 0) is 4.74 Å². The van der Waals surface area contributed by atoms with Crippen LogP contribution >= 0.6 is 0 Å². The number of benzene rings is 2. The van der Waals surface area contributed by atoms with E-state index in [9.17, 15) is 9.18 Å². The highest BCUT2D eigenvalue weighted by Gasteiger charge is 2.15.